The fourth-order valence-electron chi connectivity index (χ4n) is 3.43. The van der Waals surface area contributed by atoms with Crippen LogP contribution in [0.5, 0.6) is 5.75 Å². The van der Waals surface area contributed by atoms with Crippen molar-refractivity contribution in [2.45, 2.75) is 18.8 Å². The Morgan fingerprint density at radius 1 is 1.14 bits per heavy atom. The van der Waals surface area contributed by atoms with Crippen LogP contribution in [0, 0.1) is 0 Å². The van der Waals surface area contributed by atoms with Crippen molar-refractivity contribution in [2.24, 2.45) is 7.05 Å². The van der Waals surface area contributed by atoms with Gasteiger partial charge in [-0.3, -0.25) is 14.5 Å². The third-order valence-corrected chi connectivity index (χ3v) is 5.07. The molecule has 0 bridgehead atoms. The second-order valence-electron chi connectivity index (χ2n) is 7.86. The van der Waals surface area contributed by atoms with Crippen LogP contribution in [0.2, 0.25) is 0 Å². The number of carbonyl (C=O) groups excluding carboxylic acids is 1. The average molecular weight is 498 g/mol. The van der Waals surface area contributed by atoms with E-state index in [1.165, 1.54) is 24.4 Å². The Bertz CT molecular complexity index is 1330. The van der Waals surface area contributed by atoms with Gasteiger partial charge >= 0.3 is 6.36 Å². The molecule has 1 amide bonds. The van der Waals surface area contributed by atoms with Crippen molar-refractivity contribution in [3.8, 4) is 28.4 Å². The van der Waals surface area contributed by atoms with Crippen LogP contribution < -0.4 is 10.1 Å². The number of halogens is 3. The summed E-state index contributed by atoms with van der Waals surface area (Å²) in [4.78, 5) is 26.0. The van der Waals surface area contributed by atoms with Crippen molar-refractivity contribution in [1.29, 1.82) is 0 Å². The lowest BCUT2D eigenvalue weighted by Gasteiger charge is -2.16. The van der Waals surface area contributed by atoms with Crippen LogP contribution in [-0.4, -0.2) is 54.8 Å². The summed E-state index contributed by atoms with van der Waals surface area (Å²) in [6.07, 6.45) is 2.00. The molecular formula is C24H21F3N6O3. The van der Waals surface area contributed by atoms with Gasteiger partial charge in [0.05, 0.1) is 30.1 Å². The number of nitrogens with zero attached hydrogens (tertiary/aromatic N) is 5. The van der Waals surface area contributed by atoms with Crippen molar-refractivity contribution < 1.29 is 27.8 Å². The van der Waals surface area contributed by atoms with E-state index in [-0.39, 0.29) is 23.9 Å². The lowest BCUT2D eigenvalue weighted by Crippen LogP contribution is -2.39. The van der Waals surface area contributed by atoms with E-state index in [0.29, 0.717) is 23.2 Å². The van der Waals surface area contributed by atoms with E-state index >= 15 is 0 Å². The van der Waals surface area contributed by atoms with E-state index in [1.807, 2.05) is 6.07 Å². The summed E-state index contributed by atoms with van der Waals surface area (Å²) in [5.74, 6) is -0.732. The van der Waals surface area contributed by atoms with Crippen LogP contribution in [0.3, 0.4) is 0 Å². The summed E-state index contributed by atoms with van der Waals surface area (Å²) in [5.41, 5.74) is 2.14. The first kappa shape index (κ1) is 24.8. The van der Waals surface area contributed by atoms with E-state index in [0.717, 1.165) is 17.7 Å². The number of carbonyl (C=O) groups is 1. The zero-order valence-electron chi connectivity index (χ0n) is 19.0. The predicted octanol–water partition coefficient (Wildman–Crippen LogP) is 3.17. The van der Waals surface area contributed by atoms with E-state index in [9.17, 15) is 23.1 Å². The molecule has 0 aliphatic rings. The minimum Gasteiger partial charge on any atom is -0.406 e. The second-order valence-corrected chi connectivity index (χ2v) is 7.86. The van der Waals surface area contributed by atoms with E-state index in [2.05, 4.69) is 30.1 Å². The smallest absolute Gasteiger partial charge is 0.406 e. The molecule has 0 spiro atoms. The Morgan fingerprint density at radius 2 is 1.92 bits per heavy atom. The van der Waals surface area contributed by atoms with Crippen LogP contribution in [0.25, 0.3) is 22.6 Å². The molecule has 0 aliphatic heterocycles. The van der Waals surface area contributed by atoms with Gasteiger partial charge in [0.2, 0.25) is 0 Å². The van der Waals surface area contributed by atoms with Crippen LogP contribution in [0.4, 0.5) is 13.2 Å². The number of aromatic nitrogens is 5. The van der Waals surface area contributed by atoms with Crippen molar-refractivity contribution >= 4 is 5.91 Å². The molecule has 1 aromatic carbocycles. The fraction of sp³-hybridized carbons (Fsp3) is 0.208. The molecule has 3 heterocycles. The lowest BCUT2D eigenvalue weighted by atomic mass is 10.1. The van der Waals surface area contributed by atoms with Crippen molar-refractivity contribution in [1.82, 2.24) is 30.0 Å². The SMILES string of the molecule is Cn1cc(-c2nc(C(=O)NC(CO)Cc3cccnc3)cc(-c3ccc(OC(F)(F)F)cc3)n2)cn1. The third kappa shape index (κ3) is 6.42. The first-order valence-corrected chi connectivity index (χ1v) is 10.7. The van der Waals surface area contributed by atoms with E-state index in [4.69, 9.17) is 0 Å². The minimum atomic E-state index is -4.81. The Balaban J connectivity index is 1.64. The van der Waals surface area contributed by atoms with Crippen molar-refractivity contribution in [2.75, 3.05) is 6.61 Å². The minimum absolute atomic E-state index is 0.0131. The number of aryl methyl sites for hydroxylation is 1. The molecule has 4 aromatic rings. The quantitative estimate of drug-likeness (QED) is 0.384. The standard InChI is InChI=1S/C24H21F3N6O3/c1-33-13-17(12-29-33)22-31-20(16-4-6-19(7-5-16)36-24(25,26)27)10-21(32-22)23(35)30-18(14-34)9-15-3-2-8-28-11-15/h2-8,10-13,18,34H,9,14H2,1H3,(H,30,35). The molecule has 0 fully saturated rings. The number of aliphatic hydroxyl groups excluding tert-OH is 1. The van der Waals surface area contributed by atoms with Gasteiger partial charge in [-0.25, -0.2) is 9.97 Å². The summed E-state index contributed by atoms with van der Waals surface area (Å²) in [7, 11) is 1.71. The van der Waals surface area contributed by atoms with Crippen molar-refractivity contribution in [3.05, 3.63) is 78.5 Å². The van der Waals surface area contributed by atoms with Gasteiger partial charge in [0.15, 0.2) is 5.82 Å². The zero-order chi connectivity index (χ0) is 25.7. The summed E-state index contributed by atoms with van der Waals surface area (Å²) in [5, 5.41) is 16.6. The highest BCUT2D eigenvalue weighted by atomic mass is 19.4. The molecule has 9 nitrogen and oxygen atoms in total. The van der Waals surface area contributed by atoms with Gasteiger partial charge in [-0.15, -0.1) is 13.2 Å². The lowest BCUT2D eigenvalue weighted by molar-refractivity contribution is -0.274. The van der Waals surface area contributed by atoms with Gasteiger partial charge in [0, 0.05) is 31.2 Å². The van der Waals surface area contributed by atoms with E-state index < -0.39 is 18.3 Å². The molecule has 186 valence electrons. The van der Waals surface area contributed by atoms with Gasteiger partial charge in [-0.2, -0.15) is 5.10 Å². The Labute approximate surface area is 203 Å². The van der Waals surface area contributed by atoms with Crippen LogP contribution in [0.1, 0.15) is 16.1 Å². The maximum absolute atomic E-state index is 13.1. The molecule has 2 N–H and O–H groups in total. The number of ether oxygens (including phenoxy) is 1. The highest BCUT2D eigenvalue weighted by Crippen LogP contribution is 2.27. The van der Waals surface area contributed by atoms with E-state index in [1.54, 1.807) is 36.4 Å². The number of nitrogens with one attached hydrogen (secondary N) is 1. The number of benzene rings is 1. The number of aliphatic hydroxyl groups is 1. The Hall–Kier alpha value is -4.32. The van der Waals surface area contributed by atoms with Crippen LogP contribution >= 0.6 is 0 Å². The number of alkyl halides is 3. The number of hydrogen-bond donors (Lipinski definition) is 2. The third-order valence-electron chi connectivity index (χ3n) is 5.07. The molecule has 4 rings (SSSR count). The molecule has 12 heteroatoms. The van der Waals surface area contributed by atoms with Crippen molar-refractivity contribution in [3.63, 3.8) is 0 Å². The molecule has 0 saturated carbocycles. The number of pyridine rings is 1. The van der Waals surface area contributed by atoms with Gasteiger partial charge in [0.25, 0.3) is 5.91 Å². The predicted molar refractivity (Wildman–Crippen MR) is 123 cm³/mol. The molecule has 36 heavy (non-hydrogen) atoms. The Kier molecular flexibility index (Phi) is 7.25. The zero-order valence-corrected chi connectivity index (χ0v) is 19.0. The molecule has 0 aliphatic carbocycles. The van der Waals surface area contributed by atoms with Gasteiger partial charge in [-0.1, -0.05) is 6.07 Å². The second kappa shape index (κ2) is 10.5. The summed E-state index contributed by atoms with van der Waals surface area (Å²) >= 11 is 0. The maximum Gasteiger partial charge on any atom is 0.573 e. The molecular weight excluding hydrogens is 477 g/mol. The number of hydrogen-bond acceptors (Lipinski definition) is 7. The summed E-state index contributed by atoms with van der Waals surface area (Å²) in [6, 6.07) is 9.53. The normalized spacial score (nSPS) is 12.2. The molecule has 0 saturated heterocycles. The summed E-state index contributed by atoms with van der Waals surface area (Å²) in [6.45, 7) is -0.311. The maximum atomic E-state index is 13.1. The summed E-state index contributed by atoms with van der Waals surface area (Å²) < 4.78 is 43.0. The fourth-order valence-corrected chi connectivity index (χ4v) is 3.43. The Morgan fingerprint density at radius 3 is 2.53 bits per heavy atom. The number of rotatable bonds is 8. The van der Waals surface area contributed by atoms with Crippen LogP contribution in [-0.2, 0) is 13.5 Å². The first-order valence-electron chi connectivity index (χ1n) is 10.7. The molecule has 1 unspecified atom stereocenters. The van der Waals surface area contributed by atoms with Gasteiger partial charge in [-0.05, 0) is 48.4 Å². The largest absolute Gasteiger partial charge is 0.573 e. The number of amides is 1. The highest BCUT2D eigenvalue weighted by molar-refractivity contribution is 5.94. The average Bonchev–Trinajstić information content (AvgIpc) is 3.29. The molecule has 0 radical (unpaired) electrons. The van der Waals surface area contributed by atoms with Gasteiger partial charge in [0.1, 0.15) is 11.4 Å². The van der Waals surface area contributed by atoms with Crippen LogP contribution in [0.15, 0.2) is 67.3 Å². The first-order chi connectivity index (χ1) is 17.2. The monoisotopic (exact) mass is 498 g/mol. The molecule has 1 atom stereocenters. The topological polar surface area (TPSA) is 115 Å². The van der Waals surface area contributed by atoms with Gasteiger partial charge < -0.3 is 15.2 Å². The highest BCUT2D eigenvalue weighted by Gasteiger charge is 2.31. The molecule has 3 aromatic heterocycles.